The number of benzene rings is 1. The van der Waals surface area contributed by atoms with Crippen LogP contribution in [0.5, 0.6) is 5.75 Å². The molecule has 0 radical (unpaired) electrons. The van der Waals surface area contributed by atoms with Crippen molar-refractivity contribution in [2.45, 2.75) is 45.1 Å². The van der Waals surface area contributed by atoms with Gasteiger partial charge in [0.05, 0.1) is 6.54 Å². The molecule has 162 valence electrons. The minimum absolute atomic E-state index is 0.0468. The van der Waals surface area contributed by atoms with Gasteiger partial charge in [-0.15, -0.1) is 11.3 Å². The monoisotopic (exact) mass is 428 g/mol. The summed E-state index contributed by atoms with van der Waals surface area (Å²) in [5, 5.41) is 11.7. The second-order valence-corrected chi connectivity index (χ2v) is 8.57. The highest BCUT2D eigenvalue weighted by atomic mass is 32.1. The highest BCUT2D eigenvalue weighted by molar-refractivity contribution is 7.10. The molecule has 1 aliphatic carbocycles. The summed E-state index contributed by atoms with van der Waals surface area (Å²) in [4.78, 5) is 17.8. The van der Waals surface area contributed by atoms with Gasteiger partial charge in [-0.25, -0.2) is 0 Å². The SMILES string of the molecule is CCNC(=NCC(C)c1cccs1)NCCc1ccc(OCC(=O)NC2CC2)cc1. The van der Waals surface area contributed by atoms with E-state index in [-0.39, 0.29) is 12.5 Å². The summed E-state index contributed by atoms with van der Waals surface area (Å²) in [6.45, 7) is 6.74. The normalized spacial score (nSPS) is 14.8. The second kappa shape index (κ2) is 11.6. The molecule has 3 N–H and O–H groups in total. The number of hydrogen-bond acceptors (Lipinski definition) is 4. The number of nitrogens with one attached hydrogen (secondary N) is 3. The van der Waals surface area contributed by atoms with Gasteiger partial charge in [-0.1, -0.05) is 25.1 Å². The second-order valence-electron chi connectivity index (χ2n) is 7.59. The first-order chi connectivity index (χ1) is 14.6. The molecule has 1 unspecified atom stereocenters. The minimum Gasteiger partial charge on any atom is -0.484 e. The van der Waals surface area contributed by atoms with E-state index in [9.17, 15) is 4.79 Å². The molecule has 0 spiro atoms. The Bertz CT molecular complexity index is 801. The zero-order valence-electron chi connectivity index (χ0n) is 17.8. The molecular formula is C23H32N4O2S. The van der Waals surface area contributed by atoms with Crippen molar-refractivity contribution >= 4 is 23.2 Å². The van der Waals surface area contributed by atoms with Gasteiger partial charge in [-0.2, -0.15) is 0 Å². The first kappa shape index (κ1) is 22.2. The molecule has 6 nitrogen and oxygen atoms in total. The Balaban J connectivity index is 1.39. The van der Waals surface area contributed by atoms with Gasteiger partial charge in [-0.3, -0.25) is 9.79 Å². The molecule has 1 aliphatic rings. The molecule has 30 heavy (non-hydrogen) atoms. The number of carbonyl (C=O) groups excluding carboxylic acids is 1. The van der Waals surface area contributed by atoms with Crippen LogP contribution < -0.4 is 20.7 Å². The first-order valence-corrected chi connectivity index (χ1v) is 11.6. The van der Waals surface area contributed by atoms with E-state index in [0.29, 0.717) is 12.0 Å². The Hall–Kier alpha value is -2.54. The smallest absolute Gasteiger partial charge is 0.258 e. The fourth-order valence-corrected chi connectivity index (χ4v) is 3.73. The van der Waals surface area contributed by atoms with Crippen LogP contribution in [0, 0.1) is 0 Å². The summed E-state index contributed by atoms with van der Waals surface area (Å²) in [7, 11) is 0. The Morgan fingerprint density at radius 3 is 2.70 bits per heavy atom. The molecule has 1 atom stereocenters. The number of nitrogens with zero attached hydrogens (tertiary/aromatic N) is 1. The van der Waals surface area contributed by atoms with Gasteiger partial charge in [-0.05, 0) is 55.3 Å². The average Bonchev–Trinajstić information content (AvgIpc) is 3.38. The van der Waals surface area contributed by atoms with Crippen LogP contribution in [0.15, 0.2) is 46.8 Å². The summed E-state index contributed by atoms with van der Waals surface area (Å²) in [6, 6.07) is 12.5. The lowest BCUT2D eigenvalue weighted by atomic mass is 10.1. The summed E-state index contributed by atoms with van der Waals surface area (Å²) >= 11 is 1.78. The van der Waals surface area contributed by atoms with Crippen molar-refractivity contribution in [1.29, 1.82) is 0 Å². The number of ether oxygens (including phenoxy) is 1. The van der Waals surface area contributed by atoms with Crippen molar-refractivity contribution in [1.82, 2.24) is 16.0 Å². The van der Waals surface area contributed by atoms with Gasteiger partial charge in [0, 0.05) is 29.9 Å². The molecule has 1 amide bonds. The van der Waals surface area contributed by atoms with Crippen LogP contribution in [-0.4, -0.2) is 44.1 Å². The summed E-state index contributed by atoms with van der Waals surface area (Å²) < 4.78 is 5.56. The molecule has 1 aromatic carbocycles. The lowest BCUT2D eigenvalue weighted by Crippen LogP contribution is -2.38. The number of hydrogen-bond donors (Lipinski definition) is 3. The summed E-state index contributed by atoms with van der Waals surface area (Å²) in [6.07, 6.45) is 3.05. The van der Waals surface area contributed by atoms with Gasteiger partial charge < -0.3 is 20.7 Å². The number of amides is 1. The standard InChI is InChI=1S/C23H32N4O2S/c1-3-24-23(26-15-17(2)21-5-4-14-30-21)25-13-12-18-6-10-20(11-7-18)29-16-22(28)27-19-8-9-19/h4-7,10-11,14,17,19H,3,8-9,12-13,15-16H2,1-2H3,(H,27,28)(H2,24,25,26). The lowest BCUT2D eigenvalue weighted by molar-refractivity contribution is -0.123. The lowest BCUT2D eigenvalue weighted by Gasteiger charge is -2.13. The number of guanidine groups is 1. The third-order valence-corrected chi connectivity index (χ3v) is 5.94. The zero-order chi connectivity index (χ0) is 21.2. The Labute approximate surface area is 183 Å². The Morgan fingerprint density at radius 2 is 2.03 bits per heavy atom. The molecule has 1 saturated carbocycles. The highest BCUT2D eigenvalue weighted by Crippen LogP contribution is 2.20. The molecule has 0 aliphatic heterocycles. The summed E-state index contributed by atoms with van der Waals surface area (Å²) in [5.74, 6) is 1.94. The van der Waals surface area contributed by atoms with Gasteiger partial charge in [0.25, 0.3) is 5.91 Å². The van der Waals surface area contributed by atoms with Crippen LogP contribution in [0.1, 0.15) is 43.0 Å². The highest BCUT2D eigenvalue weighted by Gasteiger charge is 2.23. The van der Waals surface area contributed by atoms with E-state index in [1.54, 1.807) is 11.3 Å². The maximum atomic E-state index is 11.7. The van der Waals surface area contributed by atoms with E-state index in [1.807, 2.05) is 24.3 Å². The van der Waals surface area contributed by atoms with E-state index in [4.69, 9.17) is 9.73 Å². The number of thiophene rings is 1. The largest absolute Gasteiger partial charge is 0.484 e. The number of rotatable bonds is 11. The molecule has 7 heteroatoms. The van der Waals surface area contributed by atoms with Crippen molar-refractivity contribution in [2.75, 3.05) is 26.2 Å². The van der Waals surface area contributed by atoms with Crippen molar-refractivity contribution in [3.8, 4) is 5.75 Å². The van der Waals surface area contributed by atoms with Crippen molar-refractivity contribution in [2.24, 2.45) is 4.99 Å². The zero-order valence-corrected chi connectivity index (χ0v) is 18.6. The Kier molecular flexibility index (Phi) is 8.56. The van der Waals surface area contributed by atoms with Crippen molar-refractivity contribution in [3.05, 3.63) is 52.2 Å². The maximum Gasteiger partial charge on any atom is 0.258 e. The molecule has 1 heterocycles. The van der Waals surface area contributed by atoms with E-state index >= 15 is 0 Å². The van der Waals surface area contributed by atoms with Crippen molar-refractivity contribution in [3.63, 3.8) is 0 Å². The molecular weight excluding hydrogens is 396 g/mol. The van der Waals surface area contributed by atoms with Crippen LogP contribution in [0.25, 0.3) is 0 Å². The fourth-order valence-electron chi connectivity index (χ4n) is 2.96. The summed E-state index contributed by atoms with van der Waals surface area (Å²) in [5.41, 5.74) is 1.21. The van der Waals surface area contributed by atoms with Crippen LogP contribution >= 0.6 is 11.3 Å². The van der Waals surface area contributed by atoms with Crippen molar-refractivity contribution < 1.29 is 9.53 Å². The van der Waals surface area contributed by atoms with Crippen LogP contribution in [0.3, 0.4) is 0 Å². The molecule has 0 saturated heterocycles. The molecule has 0 bridgehead atoms. The van der Waals surface area contributed by atoms with Crippen LogP contribution in [-0.2, 0) is 11.2 Å². The average molecular weight is 429 g/mol. The fraction of sp³-hybridized carbons (Fsp3) is 0.478. The predicted molar refractivity (Wildman–Crippen MR) is 124 cm³/mol. The van der Waals surface area contributed by atoms with Crippen LogP contribution in [0.2, 0.25) is 0 Å². The van der Waals surface area contributed by atoms with Gasteiger partial charge in [0.1, 0.15) is 5.75 Å². The third kappa shape index (κ3) is 7.71. The number of carbonyl (C=O) groups is 1. The third-order valence-electron chi connectivity index (χ3n) is 4.84. The molecule has 1 fully saturated rings. The maximum absolute atomic E-state index is 11.7. The van der Waals surface area contributed by atoms with Gasteiger partial charge in [0.2, 0.25) is 0 Å². The van der Waals surface area contributed by atoms with E-state index in [2.05, 4.69) is 47.3 Å². The first-order valence-electron chi connectivity index (χ1n) is 10.7. The van der Waals surface area contributed by atoms with Crippen LogP contribution in [0.4, 0.5) is 0 Å². The molecule has 2 aromatic rings. The van der Waals surface area contributed by atoms with Gasteiger partial charge in [0.15, 0.2) is 12.6 Å². The van der Waals surface area contributed by atoms with Gasteiger partial charge >= 0.3 is 0 Å². The molecule has 1 aromatic heterocycles. The minimum atomic E-state index is -0.0468. The van der Waals surface area contributed by atoms with E-state index in [1.165, 1.54) is 10.4 Å². The van der Waals surface area contributed by atoms with E-state index < -0.39 is 0 Å². The Morgan fingerprint density at radius 1 is 1.23 bits per heavy atom. The topological polar surface area (TPSA) is 74.8 Å². The van der Waals surface area contributed by atoms with E-state index in [0.717, 1.165) is 50.6 Å². The quantitative estimate of drug-likeness (QED) is 0.379. The molecule has 3 rings (SSSR count). The number of aliphatic imine (C=N–C) groups is 1. The predicted octanol–water partition coefficient (Wildman–Crippen LogP) is 3.31.